The summed E-state index contributed by atoms with van der Waals surface area (Å²) in [5.74, 6) is 0.271. The van der Waals surface area contributed by atoms with Crippen molar-refractivity contribution in [3.8, 4) is 0 Å². The minimum Gasteiger partial charge on any atom is -0.361 e. The predicted octanol–water partition coefficient (Wildman–Crippen LogP) is 3.47. The molecule has 0 saturated heterocycles. The first-order valence-corrected chi connectivity index (χ1v) is 6.10. The van der Waals surface area contributed by atoms with Crippen LogP contribution in [0.25, 0.3) is 10.9 Å². The largest absolute Gasteiger partial charge is 0.361 e. The highest BCUT2D eigenvalue weighted by Crippen LogP contribution is 2.16. The van der Waals surface area contributed by atoms with Gasteiger partial charge < -0.3 is 10.3 Å². The van der Waals surface area contributed by atoms with Crippen LogP contribution in [0.1, 0.15) is 10.4 Å². The van der Waals surface area contributed by atoms with Crippen LogP contribution in [0.3, 0.4) is 0 Å². The molecule has 0 unspecified atom stereocenters. The molecule has 4 nitrogen and oxygen atoms in total. The van der Waals surface area contributed by atoms with Crippen molar-refractivity contribution in [1.29, 1.82) is 0 Å². The van der Waals surface area contributed by atoms with E-state index >= 15 is 0 Å². The highest BCUT2D eigenvalue weighted by Gasteiger charge is 2.07. The van der Waals surface area contributed by atoms with Crippen molar-refractivity contribution in [2.24, 2.45) is 0 Å². The molecule has 5 heteroatoms. The topological polar surface area (TPSA) is 57.8 Å². The lowest BCUT2D eigenvalue weighted by atomic mass is 10.1. The zero-order valence-corrected chi connectivity index (χ0v) is 10.6. The fraction of sp³-hybridized carbons (Fsp3) is 0. The molecule has 0 aliphatic rings. The molecule has 1 aromatic carbocycles. The van der Waals surface area contributed by atoms with Crippen molar-refractivity contribution >= 4 is 34.2 Å². The summed E-state index contributed by atoms with van der Waals surface area (Å²) in [7, 11) is 0. The zero-order chi connectivity index (χ0) is 13.2. The van der Waals surface area contributed by atoms with Gasteiger partial charge in [-0.05, 0) is 35.7 Å². The first kappa shape index (κ1) is 11.7. The number of halogens is 1. The van der Waals surface area contributed by atoms with Crippen molar-refractivity contribution in [1.82, 2.24) is 9.97 Å². The summed E-state index contributed by atoms with van der Waals surface area (Å²) in [6.45, 7) is 0. The number of aromatic nitrogens is 2. The van der Waals surface area contributed by atoms with Gasteiger partial charge in [0, 0.05) is 23.5 Å². The number of nitrogens with zero attached hydrogens (tertiary/aromatic N) is 1. The summed E-state index contributed by atoms with van der Waals surface area (Å²) in [4.78, 5) is 19.2. The molecule has 3 rings (SSSR count). The average molecular weight is 272 g/mol. The van der Waals surface area contributed by atoms with Crippen LogP contribution < -0.4 is 5.32 Å². The van der Waals surface area contributed by atoms with Crippen LogP contribution in [0.15, 0.2) is 48.8 Å². The molecule has 2 N–H and O–H groups in total. The molecule has 2 aromatic heterocycles. The Balaban J connectivity index is 1.84. The summed E-state index contributed by atoms with van der Waals surface area (Å²) >= 11 is 5.74. The van der Waals surface area contributed by atoms with Gasteiger partial charge in [0.15, 0.2) is 0 Å². The highest BCUT2D eigenvalue weighted by atomic mass is 35.5. The Morgan fingerprint density at radius 3 is 2.89 bits per heavy atom. The number of rotatable bonds is 2. The zero-order valence-electron chi connectivity index (χ0n) is 9.85. The van der Waals surface area contributed by atoms with Gasteiger partial charge in [0.2, 0.25) is 0 Å². The third-order valence-corrected chi connectivity index (χ3v) is 3.01. The summed E-state index contributed by atoms with van der Waals surface area (Å²) in [6.07, 6.45) is 3.33. The number of fused-ring (bicyclic) bond motifs is 1. The summed E-state index contributed by atoms with van der Waals surface area (Å²) < 4.78 is 0. The molecular formula is C14H10ClN3O. The van der Waals surface area contributed by atoms with Gasteiger partial charge in [0.05, 0.1) is 5.02 Å². The normalized spacial score (nSPS) is 10.6. The number of aromatic amines is 1. The number of amides is 1. The first-order valence-electron chi connectivity index (χ1n) is 5.72. The third-order valence-electron chi connectivity index (χ3n) is 2.79. The lowest BCUT2D eigenvalue weighted by Gasteiger charge is -2.04. The maximum absolute atomic E-state index is 12.1. The Kier molecular flexibility index (Phi) is 2.93. The Labute approximate surface area is 114 Å². The average Bonchev–Trinajstić information content (AvgIpc) is 2.88. The van der Waals surface area contributed by atoms with E-state index < -0.39 is 0 Å². The molecule has 2 heterocycles. The number of pyridine rings is 1. The van der Waals surface area contributed by atoms with Crippen LogP contribution in [-0.4, -0.2) is 15.9 Å². The van der Waals surface area contributed by atoms with E-state index in [1.807, 2.05) is 18.3 Å². The summed E-state index contributed by atoms with van der Waals surface area (Å²) in [6, 6.07) is 10.8. The summed E-state index contributed by atoms with van der Waals surface area (Å²) in [5, 5.41) is 4.32. The van der Waals surface area contributed by atoms with Crippen molar-refractivity contribution in [2.75, 3.05) is 5.32 Å². The van der Waals surface area contributed by atoms with Crippen LogP contribution in [0, 0.1) is 0 Å². The highest BCUT2D eigenvalue weighted by molar-refractivity contribution is 6.30. The van der Waals surface area contributed by atoms with E-state index in [0.29, 0.717) is 16.4 Å². The predicted molar refractivity (Wildman–Crippen MR) is 75.5 cm³/mol. The number of hydrogen-bond donors (Lipinski definition) is 2. The van der Waals surface area contributed by atoms with E-state index in [1.165, 1.54) is 6.20 Å². The fourth-order valence-corrected chi connectivity index (χ4v) is 1.94. The Bertz CT molecular complexity index is 734. The van der Waals surface area contributed by atoms with Crippen LogP contribution in [0.2, 0.25) is 5.02 Å². The van der Waals surface area contributed by atoms with E-state index in [9.17, 15) is 4.79 Å². The minimum absolute atomic E-state index is 0.202. The quantitative estimate of drug-likeness (QED) is 0.750. The standard InChI is InChI=1S/C14H10ClN3O/c15-11-3-4-13(17-8-11)18-14(19)10-2-1-9-5-6-16-12(9)7-10/h1-8,16H,(H,17,18,19). The van der Waals surface area contributed by atoms with Gasteiger partial charge in [0.25, 0.3) is 5.91 Å². The molecule has 0 aliphatic heterocycles. The SMILES string of the molecule is O=C(Nc1ccc(Cl)cn1)c1ccc2cc[nH]c2c1. The van der Waals surface area contributed by atoms with Crippen molar-refractivity contribution in [3.63, 3.8) is 0 Å². The van der Waals surface area contributed by atoms with Gasteiger partial charge in [-0.3, -0.25) is 4.79 Å². The van der Waals surface area contributed by atoms with Crippen LogP contribution >= 0.6 is 11.6 Å². The van der Waals surface area contributed by atoms with Crippen LogP contribution in [0.5, 0.6) is 0 Å². The number of nitrogens with one attached hydrogen (secondary N) is 2. The number of H-pyrrole nitrogens is 1. The molecule has 0 fully saturated rings. The van der Waals surface area contributed by atoms with Crippen molar-refractivity contribution in [3.05, 3.63) is 59.4 Å². The molecule has 3 aromatic rings. The number of carbonyl (C=O) groups is 1. The van der Waals surface area contributed by atoms with E-state index in [2.05, 4.69) is 15.3 Å². The Morgan fingerprint density at radius 2 is 2.11 bits per heavy atom. The molecule has 0 aliphatic carbocycles. The van der Waals surface area contributed by atoms with Gasteiger partial charge in [-0.25, -0.2) is 4.98 Å². The number of benzene rings is 1. The smallest absolute Gasteiger partial charge is 0.256 e. The van der Waals surface area contributed by atoms with Gasteiger partial charge >= 0.3 is 0 Å². The summed E-state index contributed by atoms with van der Waals surface area (Å²) in [5.41, 5.74) is 1.50. The van der Waals surface area contributed by atoms with Crippen LogP contribution in [-0.2, 0) is 0 Å². The number of anilines is 1. The second kappa shape index (κ2) is 4.74. The van der Waals surface area contributed by atoms with Gasteiger partial charge in [-0.15, -0.1) is 0 Å². The van der Waals surface area contributed by atoms with Gasteiger partial charge in [0.1, 0.15) is 5.82 Å². The van der Waals surface area contributed by atoms with Crippen molar-refractivity contribution < 1.29 is 4.79 Å². The molecule has 0 spiro atoms. The monoisotopic (exact) mass is 271 g/mol. The molecule has 0 saturated carbocycles. The van der Waals surface area contributed by atoms with Crippen LogP contribution in [0.4, 0.5) is 5.82 Å². The maximum Gasteiger partial charge on any atom is 0.256 e. The third kappa shape index (κ3) is 2.44. The fourth-order valence-electron chi connectivity index (χ4n) is 1.83. The maximum atomic E-state index is 12.1. The second-order valence-electron chi connectivity index (χ2n) is 4.10. The first-order chi connectivity index (χ1) is 9.22. The van der Waals surface area contributed by atoms with E-state index in [1.54, 1.807) is 24.3 Å². The Hall–Kier alpha value is -2.33. The molecule has 94 valence electrons. The molecule has 0 radical (unpaired) electrons. The molecule has 19 heavy (non-hydrogen) atoms. The van der Waals surface area contributed by atoms with Gasteiger partial charge in [-0.1, -0.05) is 17.7 Å². The number of carbonyl (C=O) groups excluding carboxylic acids is 1. The van der Waals surface area contributed by atoms with E-state index in [4.69, 9.17) is 11.6 Å². The molecule has 0 atom stereocenters. The molecule has 1 amide bonds. The lowest BCUT2D eigenvalue weighted by Crippen LogP contribution is -2.12. The van der Waals surface area contributed by atoms with Crippen molar-refractivity contribution in [2.45, 2.75) is 0 Å². The Morgan fingerprint density at radius 1 is 1.21 bits per heavy atom. The number of hydrogen-bond acceptors (Lipinski definition) is 2. The minimum atomic E-state index is -0.202. The molecular weight excluding hydrogens is 262 g/mol. The van der Waals surface area contributed by atoms with E-state index in [0.717, 1.165) is 10.9 Å². The lowest BCUT2D eigenvalue weighted by molar-refractivity contribution is 0.102. The second-order valence-corrected chi connectivity index (χ2v) is 4.53. The van der Waals surface area contributed by atoms with Gasteiger partial charge in [-0.2, -0.15) is 0 Å². The van der Waals surface area contributed by atoms with E-state index in [-0.39, 0.29) is 5.91 Å². The molecule has 0 bridgehead atoms.